The molecule has 0 saturated carbocycles. The van der Waals surface area contributed by atoms with E-state index in [9.17, 15) is 19.7 Å². The van der Waals surface area contributed by atoms with Crippen molar-refractivity contribution in [2.75, 3.05) is 25.0 Å². The van der Waals surface area contributed by atoms with E-state index in [0.29, 0.717) is 17.0 Å². The summed E-state index contributed by atoms with van der Waals surface area (Å²) in [5.41, 5.74) is 0.758. The molecule has 29 heavy (non-hydrogen) atoms. The number of para-hydroxylation sites is 1. The Morgan fingerprint density at radius 3 is 2.66 bits per heavy atom. The zero-order chi connectivity index (χ0) is 20.6. The minimum absolute atomic E-state index is 0.0466. The Balaban J connectivity index is 1.57. The van der Waals surface area contributed by atoms with Crippen molar-refractivity contribution in [3.63, 3.8) is 0 Å². The monoisotopic (exact) mass is 395 g/mol. The highest BCUT2D eigenvalue weighted by atomic mass is 16.6. The van der Waals surface area contributed by atoms with Gasteiger partial charge in [-0.2, -0.15) is 0 Å². The molecule has 2 amide bonds. The highest BCUT2D eigenvalue weighted by Gasteiger charge is 2.18. The lowest BCUT2D eigenvalue weighted by atomic mass is 10.1. The number of anilines is 1. The van der Waals surface area contributed by atoms with E-state index in [1.807, 2.05) is 0 Å². The Bertz CT molecular complexity index is 935. The Labute approximate surface area is 167 Å². The molecule has 8 heteroatoms. The van der Waals surface area contributed by atoms with Gasteiger partial charge in [0.2, 0.25) is 5.91 Å². The quantitative estimate of drug-likeness (QED) is 0.440. The smallest absolute Gasteiger partial charge is 0.276 e. The van der Waals surface area contributed by atoms with Gasteiger partial charge in [-0.3, -0.25) is 19.7 Å². The lowest BCUT2D eigenvalue weighted by Crippen LogP contribution is -2.32. The SMILES string of the molecule is O=C(/C=C/c1ccccc1[N+](=O)[O-])Nc1cccc(OCC(=O)N2CCCC2)c1. The van der Waals surface area contributed by atoms with Crippen LogP contribution in [0.4, 0.5) is 11.4 Å². The van der Waals surface area contributed by atoms with E-state index in [0.717, 1.165) is 25.9 Å². The van der Waals surface area contributed by atoms with Crippen molar-refractivity contribution in [1.29, 1.82) is 0 Å². The van der Waals surface area contributed by atoms with Gasteiger partial charge in [-0.15, -0.1) is 0 Å². The normalized spacial score (nSPS) is 13.4. The minimum atomic E-state index is -0.498. The molecular formula is C21H21N3O5. The number of carbonyl (C=O) groups excluding carboxylic acids is 2. The number of ether oxygens (including phenoxy) is 1. The fraction of sp³-hybridized carbons (Fsp3) is 0.238. The van der Waals surface area contributed by atoms with Crippen LogP contribution >= 0.6 is 0 Å². The standard InChI is InChI=1S/C21H21N3O5/c25-20(11-10-16-6-1-2-9-19(16)24(27)28)22-17-7-5-8-18(14-17)29-15-21(26)23-12-3-4-13-23/h1-2,5-11,14H,3-4,12-13,15H2,(H,22,25)/b11-10+. The topological polar surface area (TPSA) is 102 Å². The molecule has 1 N–H and O–H groups in total. The lowest BCUT2D eigenvalue weighted by Gasteiger charge is -2.15. The summed E-state index contributed by atoms with van der Waals surface area (Å²) in [6.07, 6.45) is 4.66. The molecule has 0 radical (unpaired) electrons. The number of nitrogens with zero attached hydrogens (tertiary/aromatic N) is 2. The maximum Gasteiger partial charge on any atom is 0.276 e. The number of benzene rings is 2. The van der Waals surface area contributed by atoms with Crippen molar-refractivity contribution in [3.05, 3.63) is 70.3 Å². The van der Waals surface area contributed by atoms with Crippen LogP contribution in [-0.2, 0) is 9.59 Å². The van der Waals surface area contributed by atoms with Crippen LogP contribution in [-0.4, -0.2) is 41.3 Å². The van der Waals surface area contributed by atoms with Crippen LogP contribution in [0.2, 0.25) is 0 Å². The second-order valence-electron chi connectivity index (χ2n) is 6.54. The number of nitro groups is 1. The number of amides is 2. The molecule has 0 unspecified atom stereocenters. The Kier molecular flexibility index (Phi) is 6.57. The van der Waals surface area contributed by atoms with Crippen molar-refractivity contribution >= 4 is 29.3 Å². The molecule has 2 aromatic rings. The molecule has 8 nitrogen and oxygen atoms in total. The number of nitrogens with one attached hydrogen (secondary N) is 1. The summed E-state index contributed by atoms with van der Waals surface area (Å²) in [5, 5.41) is 13.7. The number of carbonyl (C=O) groups is 2. The summed E-state index contributed by atoms with van der Waals surface area (Å²) < 4.78 is 5.54. The number of nitro benzene ring substituents is 1. The van der Waals surface area contributed by atoms with E-state index < -0.39 is 10.8 Å². The van der Waals surface area contributed by atoms with Crippen LogP contribution in [0.1, 0.15) is 18.4 Å². The van der Waals surface area contributed by atoms with Crippen molar-refractivity contribution in [2.24, 2.45) is 0 Å². The second kappa shape index (κ2) is 9.50. The molecule has 3 rings (SSSR count). The minimum Gasteiger partial charge on any atom is -0.484 e. The largest absolute Gasteiger partial charge is 0.484 e. The van der Waals surface area contributed by atoms with E-state index in [4.69, 9.17) is 4.74 Å². The third-order valence-electron chi connectivity index (χ3n) is 4.47. The highest BCUT2D eigenvalue weighted by Crippen LogP contribution is 2.20. The second-order valence-corrected chi connectivity index (χ2v) is 6.54. The van der Waals surface area contributed by atoms with Gasteiger partial charge in [0.15, 0.2) is 6.61 Å². The Morgan fingerprint density at radius 2 is 1.90 bits per heavy atom. The van der Waals surface area contributed by atoms with Gasteiger partial charge in [-0.1, -0.05) is 18.2 Å². The van der Waals surface area contributed by atoms with Gasteiger partial charge in [-0.25, -0.2) is 0 Å². The molecule has 0 bridgehead atoms. The number of likely N-dealkylation sites (tertiary alicyclic amines) is 1. The molecule has 0 aromatic heterocycles. The van der Waals surface area contributed by atoms with E-state index in [1.165, 1.54) is 18.2 Å². The molecule has 0 aliphatic carbocycles. The van der Waals surface area contributed by atoms with Crippen molar-refractivity contribution in [1.82, 2.24) is 4.90 Å². The maximum atomic E-state index is 12.1. The first-order chi connectivity index (χ1) is 14.0. The summed E-state index contributed by atoms with van der Waals surface area (Å²) in [6, 6.07) is 12.9. The zero-order valence-electron chi connectivity index (χ0n) is 15.7. The van der Waals surface area contributed by atoms with Crippen LogP contribution < -0.4 is 10.1 Å². The van der Waals surface area contributed by atoms with E-state index >= 15 is 0 Å². The lowest BCUT2D eigenvalue weighted by molar-refractivity contribution is -0.385. The summed E-state index contributed by atoms with van der Waals surface area (Å²) in [6.45, 7) is 1.49. The Morgan fingerprint density at radius 1 is 1.14 bits per heavy atom. The first kappa shape index (κ1) is 20.1. The number of hydrogen-bond donors (Lipinski definition) is 1. The van der Waals surface area contributed by atoms with Crippen LogP contribution in [0.15, 0.2) is 54.6 Å². The predicted octanol–water partition coefficient (Wildman–Crippen LogP) is 3.25. The van der Waals surface area contributed by atoms with E-state index in [-0.39, 0.29) is 18.2 Å². The summed E-state index contributed by atoms with van der Waals surface area (Å²) in [5.74, 6) is -0.0178. The molecule has 1 saturated heterocycles. The number of hydrogen-bond acceptors (Lipinski definition) is 5. The van der Waals surface area contributed by atoms with E-state index in [1.54, 1.807) is 47.4 Å². The average Bonchev–Trinajstić information content (AvgIpc) is 3.26. The molecule has 1 aliphatic heterocycles. The van der Waals surface area contributed by atoms with Crippen LogP contribution in [0.3, 0.4) is 0 Å². The average molecular weight is 395 g/mol. The molecule has 1 heterocycles. The van der Waals surface area contributed by atoms with Gasteiger partial charge in [0.25, 0.3) is 11.6 Å². The first-order valence-electron chi connectivity index (χ1n) is 9.26. The van der Waals surface area contributed by atoms with Crippen LogP contribution in [0.5, 0.6) is 5.75 Å². The zero-order valence-corrected chi connectivity index (χ0v) is 15.7. The Hall–Kier alpha value is -3.68. The van der Waals surface area contributed by atoms with E-state index in [2.05, 4.69) is 5.32 Å². The fourth-order valence-electron chi connectivity index (χ4n) is 3.01. The third-order valence-corrected chi connectivity index (χ3v) is 4.47. The molecular weight excluding hydrogens is 374 g/mol. The third kappa shape index (κ3) is 5.65. The summed E-state index contributed by atoms with van der Waals surface area (Å²) in [4.78, 5) is 36.5. The molecule has 1 aliphatic rings. The van der Waals surface area contributed by atoms with Crippen LogP contribution in [0, 0.1) is 10.1 Å². The molecule has 2 aromatic carbocycles. The molecule has 1 fully saturated rings. The molecule has 0 spiro atoms. The van der Waals surface area contributed by atoms with Gasteiger partial charge in [0.05, 0.1) is 10.5 Å². The molecule has 0 atom stereocenters. The summed E-state index contributed by atoms with van der Waals surface area (Å²) >= 11 is 0. The first-order valence-corrected chi connectivity index (χ1v) is 9.26. The van der Waals surface area contributed by atoms with Gasteiger partial charge in [0, 0.05) is 37.0 Å². The molecule has 150 valence electrons. The fourth-order valence-corrected chi connectivity index (χ4v) is 3.01. The van der Waals surface area contributed by atoms with Gasteiger partial charge < -0.3 is 15.0 Å². The van der Waals surface area contributed by atoms with Gasteiger partial charge >= 0.3 is 0 Å². The van der Waals surface area contributed by atoms with Crippen molar-refractivity contribution in [3.8, 4) is 5.75 Å². The van der Waals surface area contributed by atoms with Crippen molar-refractivity contribution < 1.29 is 19.2 Å². The maximum absolute atomic E-state index is 12.1. The van der Waals surface area contributed by atoms with Gasteiger partial charge in [-0.05, 0) is 37.1 Å². The predicted molar refractivity (Wildman–Crippen MR) is 109 cm³/mol. The van der Waals surface area contributed by atoms with Gasteiger partial charge in [0.1, 0.15) is 5.75 Å². The summed E-state index contributed by atoms with van der Waals surface area (Å²) in [7, 11) is 0. The number of rotatable bonds is 7. The van der Waals surface area contributed by atoms with Crippen molar-refractivity contribution in [2.45, 2.75) is 12.8 Å². The van der Waals surface area contributed by atoms with Crippen LogP contribution in [0.25, 0.3) is 6.08 Å². The highest BCUT2D eigenvalue weighted by molar-refractivity contribution is 6.02.